The van der Waals surface area contributed by atoms with E-state index in [1.54, 1.807) is 0 Å². The molecule has 1 aromatic rings. The fourth-order valence-corrected chi connectivity index (χ4v) is 1.81. The fourth-order valence-electron chi connectivity index (χ4n) is 1.81. The maximum Gasteiger partial charge on any atom is 0.0698 e. The molecule has 0 aliphatic heterocycles. The van der Waals surface area contributed by atoms with Gasteiger partial charge in [-0.2, -0.15) is 0 Å². The van der Waals surface area contributed by atoms with E-state index in [0.29, 0.717) is 19.8 Å². The van der Waals surface area contributed by atoms with Crippen molar-refractivity contribution in [2.45, 2.75) is 13.8 Å². The zero-order chi connectivity index (χ0) is 13.9. The molecule has 0 aliphatic carbocycles. The van der Waals surface area contributed by atoms with E-state index in [1.807, 2.05) is 6.21 Å². The molecular weight excluding hydrogens is 240 g/mol. The summed E-state index contributed by atoms with van der Waals surface area (Å²) in [5.74, 6) is 0. The molecule has 0 spiro atoms. The topological polar surface area (TPSA) is 45.1 Å². The minimum absolute atomic E-state index is 0.0660. The number of hydrogen-bond donors (Lipinski definition) is 1. The van der Waals surface area contributed by atoms with Gasteiger partial charge in [0.1, 0.15) is 0 Å². The van der Waals surface area contributed by atoms with Gasteiger partial charge in [-0.3, -0.25) is 4.99 Å². The number of aliphatic imine (C=N–C) groups is 1. The second kappa shape index (κ2) is 9.53. The van der Waals surface area contributed by atoms with Crippen molar-refractivity contribution in [1.82, 2.24) is 0 Å². The molecule has 0 unspecified atom stereocenters. The van der Waals surface area contributed by atoms with E-state index in [1.165, 1.54) is 5.69 Å². The number of rotatable bonds is 9. The van der Waals surface area contributed by atoms with Gasteiger partial charge in [0.05, 0.1) is 26.4 Å². The predicted octanol–water partition coefficient (Wildman–Crippen LogP) is 1.96. The van der Waals surface area contributed by atoms with Crippen molar-refractivity contribution >= 4 is 11.9 Å². The van der Waals surface area contributed by atoms with Crippen LogP contribution in [-0.2, 0) is 4.74 Å². The second-order valence-electron chi connectivity index (χ2n) is 4.14. The number of aliphatic hydroxyl groups excluding tert-OH is 1. The molecule has 0 aliphatic rings. The van der Waals surface area contributed by atoms with Gasteiger partial charge in [0, 0.05) is 25.0 Å². The third-order valence-corrected chi connectivity index (χ3v) is 2.86. The molecule has 0 aromatic heterocycles. The van der Waals surface area contributed by atoms with Crippen LogP contribution in [0.25, 0.3) is 0 Å². The van der Waals surface area contributed by atoms with Gasteiger partial charge in [0.25, 0.3) is 0 Å². The van der Waals surface area contributed by atoms with E-state index >= 15 is 0 Å². The summed E-state index contributed by atoms with van der Waals surface area (Å²) in [4.78, 5) is 6.59. The minimum Gasteiger partial charge on any atom is -0.394 e. The Balaban J connectivity index is 2.41. The first-order valence-electron chi connectivity index (χ1n) is 6.85. The highest BCUT2D eigenvalue weighted by molar-refractivity contribution is 5.80. The lowest BCUT2D eigenvalue weighted by molar-refractivity contribution is 0.0978. The molecule has 1 rings (SSSR count). The number of nitrogens with zero attached hydrogens (tertiary/aromatic N) is 2. The molecule has 0 saturated heterocycles. The molecule has 19 heavy (non-hydrogen) atoms. The van der Waals surface area contributed by atoms with Gasteiger partial charge in [-0.15, -0.1) is 0 Å². The first-order valence-corrected chi connectivity index (χ1v) is 6.85. The van der Waals surface area contributed by atoms with E-state index < -0.39 is 0 Å². The van der Waals surface area contributed by atoms with E-state index in [0.717, 1.165) is 18.7 Å². The summed E-state index contributed by atoms with van der Waals surface area (Å²) in [5.41, 5.74) is 2.34. The maximum atomic E-state index is 8.54. The lowest BCUT2D eigenvalue weighted by Gasteiger charge is -2.20. The Bertz CT molecular complexity index is 359. The average Bonchev–Trinajstić information content (AvgIpc) is 2.45. The van der Waals surface area contributed by atoms with Crippen LogP contribution in [-0.4, -0.2) is 50.8 Å². The molecule has 0 atom stereocenters. The van der Waals surface area contributed by atoms with E-state index in [2.05, 4.69) is 48.0 Å². The third-order valence-electron chi connectivity index (χ3n) is 2.86. The highest BCUT2D eigenvalue weighted by Gasteiger charge is 2.00. The van der Waals surface area contributed by atoms with Crippen molar-refractivity contribution < 1.29 is 9.84 Å². The molecule has 4 heteroatoms. The largest absolute Gasteiger partial charge is 0.394 e. The molecule has 0 bridgehead atoms. The van der Waals surface area contributed by atoms with Gasteiger partial charge in [-0.05, 0) is 31.5 Å². The Kier molecular flexibility index (Phi) is 7.86. The first kappa shape index (κ1) is 15.7. The lowest BCUT2D eigenvalue weighted by atomic mass is 10.2. The van der Waals surface area contributed by atoms with Crippen LogP contribution in [0, 0.1) is 0 Å². The highest BCUT2D eigenvalue weighted by atomic mass is 16.5. The molecular formula is C15H24N2O2. The molecule has 0 radical (unpaired) electrons. The van der Waals surface area contributed by atoms with Crippen molar-refractivity contribution in [2.24, 2.45) is 4.99 Å². The summed E-state index contributed by atoms with van der Waals surface area (Å²) in [6, 6.07) is 8.39. The Morgan fingerprint density at radius 3 is 2.42 bits per heavy atom. The van der Waals surface area contributed by atoms with Crippen molar-refractivity contribution in [3.8, 4) is 0 Å². The quantitative estimate of drug-likeness (QED) is 0.548. The van der Waals surface area contributed by atoms with Crippen LogP contribution in [0.15, 0.2) is 29.3 Å². The standard InChI is InChI=1S/C15H24N2O2/c1-3-17(4-2)15-7-5-14(6-8-15)13-16-9-11-19-12-10-18/h5-8,13,18H,3-4,9-12H2,1-2H3. The minimum atomic E-state index is 0.0660. The first-order chi connectivity index (χ1) is 9.31. The van der Waals surface area contributed by atoms with E-state index in [4.69, 9.17) is 9.84 Å². The Hall–Kier alpha value is -1.39. The molecule has 106 valence electrons. The number of anilines is 1. The fraction of sp³-hybridized carbons (Fsp3) is 0.533. The van der Waals surface area contributed by atoms with Gasteiger partial charge in [0.15, 0.2) is 0 Å². The van der Waals surface area contributed by atoms with Crippen LogP contribution in [0.2, 0.25) is 0 Å². The molecule has 0 saturated carbocycles. The summed E-state index contributed by atoms with van der Waals surface area (Å²) in [6.45, 7) is 7.98. The monoisotopic (exact) mass is 264 g/mol. The zero-order valence-electron chi connectivity index (χ0n) is 11.9. The van der Waals surface area contributed by atoms with Crippen LogP contribution < -0.4 is 4.90 Å². The normalized spacial score (nSPS) is 11.1. The van der Waals surface area contributed by atoms with Gasteiger partial charge < -0.3 is 14.7 Å². The van der Waals surface area contributed by atoms with Gasteiger partial charge in [0.2, 0.25) is 0 Å². The van der Waals surface area contributed by atoms with E-state index in [-0.39, 0.29) is 6.61 Å². The number of benzene rings is 1. The Labute approximate surface area is 115 Å². The Morgan fingerprint density at radius 1 is 1.16 bits per heavy atom. The SMILES string of the molecule is CCN(CC)c1ccc(C=NCCOCCO)cc1. The molecule has 4 nitrogen and oxygen atoms in total. The van der Waals surface area contributed by atoms with Crippen LogP contribution in [0.3, 0.4) is 0 Å². The van der Waals surface area contributed by atoms with Crippen LogP contribution in [0.5, 0.6) is 0 Å². The zero-order valence-corrected chi connectivity index (χ0v) is 11.9. The van der Waals surface area contributed by atoms with E-state index in [9.17, 15) is 0 Å². The smallest absolute Gasteiger partial charge is 0.0698 e. The average molecular weight is 264 g/mol. The highest BCUT2D eigenvalue weighted by Crippen LogP contribution is 2.13. The van der Waals surface area contributed by atoms with Gasteiger partial charge in [-0.1, -0.05) is 12.1 Å². The third kappa shape index (κ3) is 5.85. The van der Waals surface area contributed by atoms with Crippen LogP contribution in [0.4, 0.5) is 5.69 Å². The number of aliphatic hydroxyl groups is 1. The van der Waals surface area contributed by atoms with Crippen molar-refractivity contribution in [3.63, 3.8) is 0 Å². The molecule has 1 aromatic carbocycles. The molecule has 0 heterocycles. The lowest BCUT2D eigenvalue weighted by Crippen LogP contribution is -2.21. The second-order valence-corrected chi connectivity index (χ2v) is 4.14. The van der Waals surface area contributed by atoms with Crippen molar-refractivity contribution in [3.05, 3.63) is 29.8 Å². The van der Waals surface area contributed by atoms with Crippen LogP contribution in [0.1, 0.15) is 19.4 Å². The Morgan fingerprint density at radius 2 is 1.84 bits per heavy atom. The van der Waals surface area contributed by atoms with Crippen molar-refractivity contribution in [1.29, 1.82) is 0 Å². The molecule has 0 fully saturated rings. The maximum absolute atomic E-state index is 8.54. The summed E-state index contributed by atoms with van der Waals surface area (Å²) in [5, 5.41) is 8.54. The molecule has 1 N–H and O–H groups in total. The molecule has 0 amide bonds. The van der Waals surface area contributed by atoms with Crippen molar-refractivity contribution in [2.75, 3.05) is 44.4 Å². The summed E-state index contributed by atoms with van der Waals surface area (Å²) < 4.78 is 5.13. The number of hydrogen-bond acceptors (Lipinski definition) is 4. The number of ether oxygens (including phenoxy) is 1. The van der Waals surface area contributed by atoms with Crippen LogP contribution >= 0.6 is 0 Å². The summed E-state index contributed by atoms with van der Waals surface area (Å²) >= 11 is 0. The summed E-state index contributed by atoms with van der Waals surface area (Å²) in [6.07, 6.45) is 1.86. The predicted molar refractivity (Wildman–Crippen MR) is 80.4 cm³/mol. The van der Waals surface area contributed by atoms with Gasteiger partial charge >= 0.3 is 0 Å². The van der Waals surface area contributed by atoms with Gasteiger partial charge in [-0.25, -0.2) is 0 Å². The summed E-state index contributed by atoms with van der Waals surface area (Å²) in [7, 11) is 0.